The lowest BCUT2D eigenvalue weighted by molar-refractivity contribution is -0.121. The summed E-state index contributed by atoms with van der Waals surface area (Å²) in [5, 5.41) is 8.13. The van der Waals surface area contributed by atoms with Crippen LogP contribution in [-0.4, -0.2) is 43.1 Å². The van der Waals surface area contributed by atoms with E-state index in [2.05, 4.69) is 16.0 Å². The standard InChI is InChI=1S/C20H31N3O4/c1-20(2,3)27-19(26)23-15-12-18(25)22-14-7-13-21-17(24)11-10-16-8-5-4-6-9-16/h4-6,8-9H,7,10-15H2,1-3H3,(H,21,24)(H,22,25)(H,23,26). The van der Waals surface area contributed by atoms with Gasteiger partial charge in [0.1, 0.15) is 5.60 Å². The molecular formula is C20H31N3O4. The van der Waals surface area contributed by atoms with Crippen molar-refractivity contribution in [1.29, 1.82) is 0 Å². The van der Waals surface area contributed by atoms with E-state index >= 15 is 0 Å². The van der Waals surface area contributed by atoms with E-state index < -0.39 is 11.7 Å². The monoisotopic (exact) mass is 377 g/mol. The van der Waals surface area contributed by atoms with Crippen molar-refractivity contribution in [3.63, 3.8) is 0 Å². The molecule has 0 aliphatic carbocycles. The minimum absolute atomic E-state index is 0.00624. The highest BCUT2D eigenvalue weighted by atomic mass is 16.6. The fourth-order valence-corrected chi connectivity index (χ4v) is 2.22. The zero-order valence-corrected chi connectivity index (χ0v) is 16.5. The first kappa shape index (κ1) is 22.5. The largest absolute Gasteiger partial charge is 0.444 e. The number of nitrogens with one attached hydrogen (secondary N) is 3. The molecule has 0 fully saturated rings. The summed E-state index contributed by atoms with van der Waals surface area (Å²) < 4.78 is 5.08. The van der Waals surface area contributed by atoms with Crippen LogP contribution in [0.4, 0.5) is 4.79 Å². The third-order valence-corrected chi connectivity index (χ3v) is 3.50. The van der Waals surface area contributed by atoms with Gasteiger partial charge in [0.2, 0.25) is 11.8 Å². The molecule has 7 nitrogen and oxygen atoms in total. The van der Waals surface area contributed by atoms with Crippen LogP contribution >= 0.6 is 0 Å². The van der Waals surface area contributed by atoms with E-state index in [0.717, 1.165) is 5.56 Å². The summed E-state index contributed by atoms with van der Waals surface area (Å²) in [5.41, 5.74) is 0.581. The lowest BCUT2D eigenvalue weighted by Crippen LogP contribution is -2.35. The Balaban J connectivity index is 2.00. The highest BCUT2D eigenvalue weighted by Crippen LogP contribution is 2.06. The van der Waals surface area contributed by atoms with Crippen molar-refractivity contribution >= 4 is 17.9 Å². The van der Waals surface area contributed by atoms with E-state index in [1.165, 1.54) is 0 Å². The first-order chi connectivity index (χ1) is 12.8. The van der Waals surface area contributed by atoms with Crippen LogP contribution in [0, 0.1) is 0 Å². The van der Waals surface area contributed by atoms with Crippen LogP contribution in [0.2, 0.25) is 0 Å². The molecule has 0 aliphatic rings. The van der Waals surface area contributed by atoms with E-state index in [4.69, 9.17) is 4.74 Å². The second kappa shape index (κ2) is 11.9. The van der Waals surface area contributed by atoms with Crippen LogP contribution in [-0.2, 0) is 20.7 Å². The predicted octanol–water partition coefficient (Wildman–Crippen LogP) is 2.16. The number of hydrogen-bond acceptors (Lipinski definition) is 4. The van der Waals surface area contributed by atoms with Crippen LogP contribution in [0.25, 0.3) is 0 Å². The number of hydrogen-bond donors (Lipinski definition) is 3. The van der Waals surface area contributed by atoms with E-state index in [-0.39, 0.29) is 24.8 Å². The van der Waals surface area contributed by atoms with Crippen LogP contribution in [0.1, 0.15) is 45.6 Å². The van der Waals surface area contributed by atoms with Gasteiger partial charge in [-0.25, -0.2) is 4.79 Å². The normalized spacial score (nSPS) is 10.8. The molecule has 1 aromatic rings. The van der Waals surface area contributed by atoms with E-state index in [0.29, 0.717) is 32.4 Å². The summed E-state index contributed by atoms with van der Waals surface area (Å²) in [6, 6.07) is 9.87. The van der Waals surface area contributed by atoms with Gasteiger partial charge in [0, 0.05) is 32.5 Å². The number of ether oxygens (including phenoxy) is 1. The molecule has 1 aromatic carbocycles. The summed E-state index contributed by atoms with van der Waals surface area (Å²) in [6.45, 7) is 6.55. The number of carbonyl (C=O) groups excluding carboxylic acids is 3. The van der Waals surface area contributed by atoms with Crippen LogP contribution in [0.5, 0.6) is 0 Å². The minimum atomic E-state index is -0.558. The zero-order valence-electron chi connectivity index (χ0n) is 16.5. The summed E-state index contributed by atoms with van der Waals surface area (Å²) in [4.78, 5) is 34.9. The second-order valence-corrected chi connectivity index (χ2v) is 7.22. The van der Waals surface area contributed by atoms with Crippen molar-refractivity contribution in [3.05, 3.63) is 35.9 Å². The van der Waals surface area contributed by atoms with Crippen LogP contribution in [0.3, 0.4) is 0 Å². The first-order valence-electron chi connectivity index (χ1n) is 9.30. The van der Waals surface area contributed by atoms with Gasteiger partial charge in [-0.1, -0.05) is 30.3 Å². The smallest absolute Gasteiger partial charge is 0.407 e. The second-order valence-electron chi connectivity index (χ2n) is 7.22. The Bertz CT molecular complexity index is 597. The molecular weight excluding hydrogens is 346 g/mol. The van der Waals surface area contributed by atoms with Crippen molar-refractivity contribution in [2.24, 2.45) is 0 Å². The average Bonchev–Trinajstić information content (AvgIpc) is 2.59. The molecule has 0 aliphatic heterocycles. The van der Waals surface area contributed by atoms with Crippen molar-refractivity contribution in [3.8, 4) is 0 Å². The predicted molar refractivity (Wildman–Crippen MR) is 104 cm³/mol. The molecule has 1 rings (SSSR count). The molecule has 0 saturated carbocycles. The molecule has 0 bridgehead atoms. The third-order valence-electron chi connectivity index (χ3n) is 3.50. The highest BCUT2D eigenvalue weighted by molar-refractivity contribution is 5.77. The number of benzene rings is 1. The van der Waals surface area contributed by atoms with Gasteiger partial charge >= 0.3 is 6.09 Å². The molecule has 3 N–H and O–H groups in total. The van der Waals surface area contributed by atoms with E-state index in [1.54, 1.807) is 20.8 Å². The fourth-order valence-electron chi connectivity index (χ4n) is 2.22. The lowest BCUT2D eigenvalue weighted by atomic mass is 10.1. The van der Waals surface area contributed by atoms with E-state index in [9.17, 15) is 14.4 Å². The van der Waals surface area contributed by atoms with Crippen molar-refractivity contribution in [2.75, 3.05) is 19.6 Å². The van der Waals surface area contributed by atoms with Gasteiger partial charge in [-0.3, -0.25) is 9.59 Å². The Morgan fingerprint density at radius 1 is 0.852 bits per heavy atom. The average molecular weight is 377 g/mol. The van der Waals surface area contributed by atoms with E-state index in [1.807, 2.05) is 30.3 Å². The highest BCUT2D eigenvalue weighted by Gasteiger charge is 2.15. The summed E-state index contributed by atoms with van der Waals surface area (Å²) in [5.74, 6) is -0.145. The van der Waals surface area contributed by atoms with Gasteiger partial charge < -0.3 is 20.7 Å². The van der Waals surface area contributed by atoms with Crippen molar-refractivity contribution in [1.82, 2.24) is 16.0 Å². The summed E-state index contributed by atoms with van der Waals surface area (Å²) in [6.07, 6.45) is 1.47. The maximum absolute atomic E-state index is 11.8. The van der Waals surface area contributed by atoms with Crippen molar-refractivity contribution < 1.29 is 19.1 Å². The molecule has 0 radical (unpaired) electrons. The first-order valence-corrected chi connectivity index (χ1v) is 9.30. The molecule has 3 amide bonds. The number of rotatable bonds is 10. The SMILES string of the molecule is CC(C)(C)OC(=O)NCCC(=O)NCCCNC(=O)CCc1ccccc1. The number of amides is 3. The Morgan fingerprint density at radius 3 is 2.04 bits per heavy atom. The van der Waals surface area contributed by atoms with Gasteiger partial charge in [-0.15, -0.1) is 0 Å². The molecule has 0 atom stereocenters. The van der Waals surface area contributed by atoms with Gasteiger partial charge in [0.15, 0.2) is 0 Å². The molecule has 0 heterocycles. The number of aryl methyl sites for hydroxylation is 1. The van der Waals surface area contributed by atoms with Crippen LogP contribution < -0.4 is 16.0 Å². The molecule has 27 heavy (non-hydrogen) atoms. The van der Waals surface area contributed by atoms with Crippen molar-refractivity contribution in [2.45, 2.75) is 52.1 Å². The molecule has 150 valence electrons. The van der Waals surface area contributed by atoms with Gasteiger partial charge in [0.25, 0.3) is 0 Å². The third kappa shape index (κ3) is 12.4. The summed E-state index contributed by atoms with van der Waals surface area (Å²) in [7, 11) is 0. The lowest BCUT2D eigenvalue weighted by Gasteiger charge is -2.19. The Hall–Kier alpha value is -2.57. The quantitative estimate of drug-likeness (QED) is 0.544. The topological polar surface area (TPSA) is 96.5 Å². The maximum Gasteiger partial charge on any atom is 0.407 e. The number of alkyl carbamates (subject to hydrolysis) is 1. The van der Waals surface area contributed by atoms with Gasteiger partial charge in [-0.2, -0.15) is 0 Å². The molecule has 0 spiro atoms. The molecule has 0 unspecified atom stereocenters. The number of carbonyl (C=O) groups is 3. The molecule has 0 aromatic heterocycles. The summed E-state index contributed by atoms with van der Waals surface area (Å²) >= 11 is 0. The Kier molecular flexibility index (Phi) is 9.93. The Morgan fingerprint density at radius 2 is 1.44 bits per heavy atom. The Labute approximate surface area is 161 Å². The van der Waals surface area contributed by atoms with Crippen LogP contribution in [0.15, 0.2) is 30.3 Å². The minimum Gasteiger partial charge on any atom is -0.444 e. The maximum atomic E-state index is 11.8. The zero-order chi connectivity index (χ0) is 20.1. The molecule has 7 heteroatoms. The fraction of sp³-hybridized carbons (Fsp3) is 0.550. The molecule has 0 saturated heterocycles. The van der Waals surface area contributed by atoms with Gasteiger partial charge in [-0.05, 0) is 39.2 Å². The van der Waals surface area contributed by atoms with Gasteiger partial charge in [0.05, 0.1) is 0 Å².